The maximum atomic E-state index is 12.3. The van der Waals surface area contributed by atoms with Gasteiger partial charge in [0.1, 0.15) is 0 Å². The smallest absolute Gasteiger partial charge is 0.220 e. The van der Waals surface area contributed by atoms with Crippen LogP contribution in [0, 0.1) is 0 Å². The van der Waals surface area contributed by atoms with E-state index in [0.29, 0.717) is 12.8 Å². The third-order valence-corrected chi connectivity index (χ3v) is 9.55. The molecule has 0 spiro atoms. The first-order valence-electron chi connectivity index (χ1n) is 22.6. The van der Waals surface area contributed by atoms with Crippen LogP contribution in [-0.4, -0.2) is 34.9 Å². The van der Waals surface area contributed by atoms with Gasteiger partial charge in [-0.25, -0.2) is 0 Å². The number of hydrogen-bond donors (Lipinski definition) is 3. The first kappa shape index (κ1) is 52.0. The summed E-state index contributed by atoms with van der Waals surface area (Å²) in [5, 5.41) is 22.9. The highest BCUT2D eigenvalue weighted by molar-refractivity contribution is 5.76. The van der Waals surface area contributed by atoms with E-state index in [1.807, 2.05) is 0 Å². The summed E-state index contributed by atoms with van der Waals surface area (Å²) >= 11 is 0. The van der Waals surface area contributed by atoms with Crippen LogP contribution in [-0.2, 0) is 4.79 Å². The first-order valence-corrected chi connectivity index (χ1v) is 22.6. The molecule has 0 rings (SSSR count). The van der Waals surface area contributed by atoms with Gasteiger partial charge in [0.2, 0.25) is 5.91 Å². The number of carbonyl (C=O) groups is 1. The molecule has 4 nitrogen and oxygen atoms in total. The highest BCUT2D eigenvalue weighted by atomic mass is 16.3. The molecule has 2 atom stereocenters. The standard InChI is InChI=1S/C51H85NO3/c1-3-5-7-9-11-12-13-14-15-16-17-18-19-20-21-22-23-24-25-26-27-28-29-30-31-32-33-34-35-36-37-38-39-40-41-43-45-47-51(55)52-49(48-53)50(54)46-44-42-10-8-6-4-2/h5,7,11-12,14-15,17-18,20-21,23-24,26-27,29-30,32-33,49-50,53-54H,3-4,6,8-10,13,16,19,22,25,28,31,34-48H2,1-2H3,(H,52,55)/b7-5-,12-11-,15-14-,18-17-,21-20-,24-23-,27-26-,30-29-,33-32-. The van der Waals surface area contributed by atoms with Crippen molar-refractivity contribution in [3.63, 3.8) is 0 Å². The molecule has 0 radical (unpaired) electrons. The summed E-state index contributed by atoms with van der Waals surface area (Å²) in [7, 11) is 0. The van der Waals surface area contributed by atoms with Crippen molar-refractivity contribution in [2.75, 3.05) is 6.61 Å². The Kier molecular flexibility index (Phi) is 43.0. The lowest BCUT2D eigenvalue weighted by Gasteiger charge is -2.22. The van der Waals surface area contributed by atoms with E-state index >= 15 is 0 Å². The highest BCUT2D eigenvalue weighted by Crippen LogP contribution is 2.13. The summed E-state index contributed by atoms with van der Waals surface area (Å²) in [5.74, 6) is -0.0494. The van der Waals surface area contributed by atoms with Crippen molar-refractivity contribution in [1.29, 1.82) is 0 Å². The van der Waals surface area contributed by atoms with E-state index in [9.17, 15) is 15.0 Å². The second-order valence-electron chi connectivity index (χ2n) is 14.7. The van der Waals surface area contributed by atoms with Crippen LogP contribution in [0.5, 0.6) is 0 Å². The molecule has 4 heteroatoms. The SMILES string of the molecule is CC/C=C\C/C=C\C/C=C\C/C=C\C/C=C\C/C=C\C/C=C\C/C=C\C/C=C\CCCCCCCCCCCC(=O)NC(CO)C(O)CCCCCCCC. The average Bonchev–Trinajstić information content (AvgIpc) is 3.19. The summed E-state index contributed by atoms with van der Waals surface area (Å²) in [6.45, 7) is 4.16. The van der Waals surface area contributed by atoms with Gasteiger partial charge in [-0.2, -0.15) is 0 Å². The van der Waals surface area contributed by atoms with Crippen LogP contribution in [0.2, 0.25) is 0 Å². The quantitative estimate of drug-likeness (QED) is 0.0432. The molecule has 0 aliphatic heterocycles. The number of unbranched alkanes of at least 4 members (excludes halogenated alkanes) is 14. The molecule has 312 valence electrons. The Bertz CT molecular complexity index is 1090. The van der Waals surface area contributed by atoms with Gasteiger partial charge in [0.25, 0.3) is 0 Å². The molecule has 55 heavy (non-hydrogen) atoms. The van der Waals surface area contributed by atoms with Gasteiger partial charge in [-0.1, -0.05) is 207 Å². The second kappa shape index (κ2) is 45.4. The number of carbonyl (C=O) groups excluding carboxylic acids is 1. The number of nitrogens with one attached hydrogen (secondary N) is 1. The molecular formula is C51H85NO3. The van der Waals surface area contributed by atoms with E-state index in [-0.39, 0.29) is 12.5 Å². The zero-order valence-electron chi connectivity index (χ0n) is 35.6. The van der Waals surface area contributed by atoms with Crippen molar-refractivity contribution in [2.45, 2.75) is 199 Å². The number of aliphatic hydroxyl groups excluding tert-OH is 2. The van der Waals surface area contributed by atoms with Crippen LogP contribution in [0.3, 0.4) is 0 Å². The summed E-state index contributed by atoms with van der Waals surface area (Å²) in [6, 6.07) is -0.542. The third kappa shape index (κ3) is 42.0. The van der Waals surface area contributed by atoms with Gasteiger partial charge < -0.3 is 15.5 Å². The van der Waals surface area contributed by atoms with Gasteiger partial charge in [-0.05, 0) is 83.5 Å². The van der Waals surface area contributed by atoms with Crippen molar-refractivity contribution in [3.05, 3.63) is 109 Å². The second-order valence-corrected chi connectivity index (χ2v) is 14.7. The maximum Gasteiger partial charge on any atom is 0.220 e. The number of rotatable bonds is 39. The van der Waals surface area contributed by atoms with Gasteiger partial charge >= 0.3 is 0 Å². The number of hydrogen-bond acceptors (Lipinski definition) is 3. The van der Waals surface area contributed by atoms with Gasteiger partial charge in [0.15, 0.2) is 0 Å². The molecule has 1 amide bonds. The summed E-state index contributed by atoms with van der Waals surface area (Å²) in [6.07, 6.45) is 69.1. The van der Waals surface area contributed by atoms with E-state index in [2.05, 4.69) is 129 Å². The lowest BCUT2D eigenvalue weighted by atomic mass is 10.0. The molecule has 0 aromatic heterocycles. The van der Waals surface area contributed by atoms with E-state index in [1.165, 1.54) is 77.0 Å². The number of allylic oxidation sites excluding steroid dienone is 18. The lowest BCUT2D eigenvalue weighted by molar-refractivity contribution is -0.123. The Balaban J connectivity index is 3.58. The zero-order valence-corrected chi connectivity index (χ0v) is 35.6. The summed E-state index contributed by atoms with van der Waals surface area (Å²) in [4.78, 5) is 12.3. The lowest BCUT2D eigenvalue weighted by Crippen LogP contribution is -2.45. The molecule has 3 N–H and O–H groups in total. The Labute approximate surface area is 340 Å². The number of aliphatic hydroxyl groups is 2. The Morgan fingerprint density at radius 3 is 1.20 bits per heavy atom. The van der Waals surface area contributed by atoms with Crippen molar-refractivity contribution in [3.8, 4) is 0 Å². The van der Waals surface area contributed by atoms with Crippen molar-refractivity contribution >= 4 is 5.91 Å². The van der Waals surface area contributed by atoms with Crippen molar-refractivity contribution in [1.82, 2.24) is 5.32 Å². The maximum absolute atomic E-state index is 12.3. The van der Waals surface area contributed by atoms with E-state index < -0.39 is 12.1 Å². The topological polar surface area (TPSA) is 69.6 Å². The molecule has 0 aliphatic rings. The minimum Gasteiger partial charge on any atom is -0.394 e. The largest absolute Gasteiger partial charge is 0.394 e. The molecule has 0 saturated carbocycles. The summed E-state index contributed by atoms with van der Waals surface area (Å²) < 4.78 is 0. The Hall–Kier alpha value is -2.95. The molecular weight excluding hydrogens is 675 g/mol. The van der Waals surface area contributed by atoms with Gasteiger partial charge in [0, 0.05) is 6.42 Å². The minimum absolute atomic E-state index is 0.0494. The minimum atomic E-state index is -0.664. The number of amides is 1. The molecule has 0 aromatic rings. The van der Waals surface area contributed by atoms with Crippen LogP contribution in [0.1, 0.15) is 187 Å². The van der Waals surface area contributed by atoms with Gasteiger partial charge in [-0.3, -0.25) is 4.79 Å². The predicted octanol–water partition coefficient (Wildman–Crippen LogP) is 14.4. The molecule has 0 bridgehead atoms. The van der Waals surface area contributed by atoms with Crippen LogP contribution in [0.25, 0.3) is 0 Å². The normalized spacial score (nSPS) is 14.0. The van der Waals surface area contributed by atoms with E-state index in [0.717, 1.165) is 83.5 Å². The predicted molar refractivity (Wildman–Crippen MR) is 243 cm³/mol. The van der Waals surface area contributed by atoms with Crippen LogP contribution in [0.15, 0.2) is 109 Å². The monoisotopic (exact) mass is 760 g/mol. The molecule has 0 heterocycles. The molecule has 0 aromatic carbocycles. The fourth-order valence-electron chi connectivity index (χ4n) is 6.12. The molecule has 0 fully saturated rings. The highest BCUT2D eigenvalue weighted by Gasteiger charge is 2.19. The van der Waals surface area contributed by atoms with Crippen molar-refractivity contribution < 1.29 is 15.0 Å². The first-order chi connectivity index (χ1) is 27.2. The molecule has 0 saturated heterocycles. The molecule has 2 unspecified atom stereocenters. The Morgan fingerprint density at radius 2 is 0.800 bits per heavy atom. The Morgan fingerprint density at radius 1 is 0.455 bits per heavy atom. The van der Waals surface area contributed by atoms with E-state index in [4.69, 9.17) is 0 Å². The van der Waals surface area contributed by atoms with Crippen LogP contribution >= 0.6 is 0 Å². The third-order valence-electron chi connectivity index (χ3n) is 9.55. The van der Waals surface area contributed by atoms with Crippen LogP contribution < -0.4 is 5.32 Å². The van der Waals surface area contributed by atoms with E-state index in [1.54, 1.807) is 0 Å². The van der Waals surface area contributed by atoms with Gasteiger partial charge in [0.05, 0.1) is 18.8 Å². The summed E-state index contributed by atoms with van der Waals surface area (Å²) in [5.41, 5.74) is 0. The fourth-order valence-corrected chi connectivity index (χ4v) is 6.12. The van der Waals surface area contributed by atoms with Crippen molar-refractivity contribution in [2.24, 2.45) is 0 Å². The van der Waals surface area contributed by atoms with Gasteiger partial charge in [-0.15, -0.1) is 0 Å². The van der Waals surface area contributed by atoms with Crippen LogP contribution in [0.4, 0.5) is 0 Å². The average molecular weight is 760 g/mol. The zero-order chi connectivity index (χ0) is 40.0. The molecule has 0 aliphatic carbocycles. The fraction of sp³-hybridized carbons (Fsp3) is 0.627.